The molecule has 0 radical (unpaired) electrons. The molecule has 0 unspecified atom stereocenters. The highest BCUT2D eigenvalue weighted by atomic mass is 19.4. The zero-order valence-electron chi connectivity index (χ0n) is 15.1. The second-order valence-electron chi connectivity index (χ2n) is 6.37. The molecule has 0 atom stereocenters. The molecule has 146 valence electrons. The molecule has 0 N–H and O–H groups in total. The van der Waals surface area contributed by atoms with E-state index in [1.165, 1.54) is 23.9 Å². The Morgan fingerprint density at radius 2 is 1.69 bits per heavy atom. The van der Waals surface area contributed by atoms with E-state index in [4.69, 9.17) is 4.52 Å². The molecule has 0 saturated carbocycles. The van der Waals surface area contributed by atoms with Gasteiger partial charge < -0.3 is 4.52 Å². The van der Waals surface area contributed by atoms with E-state index in [0.29, 0.717) is 22.4 Å². The van der Waals surface area contributed by atoms with Crippen molar-refractivity contribution in [3.63, 3.8) is 0 Å². The van der Waals surface area contributed by atoms with E-state index in [0.717, 1.165) is 17.7 Å². The van der Waals surface area contributed by atoms with Crippen molar-refractivity contribution in [2.24, 2.45) is 7.05 Å². The Hall–Kier alpha value is -3.68. The molecule has 0 spiro atoms. The fraction of sp³-hybridized carbons (Fsp3) is 0.0952. The fourth-order valence-corrected chi connectivity index (χ4v) is 2.94. The minimum atomic E-state index is -4.39. The number of benzene rings is 2. The van der Waals surface area contributed by atoms with Crippen molar-refractivity contribution in [2.45, 2.75) is 6.18 Å². The molecule has 0 aliphatic rings. The van der Waals surface area contributed by atoms with Gasteiger partial charge in [0.05, 0.1) is 10.9 Å². The third-order valence-corrected chi connectivity index (χ3v) is 4.41. The van der Waals surface area contributed by atoms with E-state index >= 15 is 0 Å². The van der Waals surface area contributed by atoms with Gasteiger partial charge in [0.1, 0.15) is 5.69 Å². The van der Waals surface area contributed by atoms with Crippen LogP contribution in [-0.4, -0.2) is 14.9 Å². The maximum Gasteiger partial charge on any atom is 0.416 e. The number of halogens is 3. The molecule has 0 saturated heterocycles. The molecule has 4 aromatic rings. The largest absolute Gasteiger partial charge is 0.416 e. The number of hydrogen-bond acceptors (Lipinski definition) is 4. The van der Waals surface area contributed by atoms with Crippen LogP contribution in [0.25, 0.3) is 34.3 Å². The summed E-state index contributed by atoms with van der Waals surface area (Å²) in [4.78, 5) is 12.4. The Kier molecular flexibility index (Phi) is 4.54. The van der Waals surface area contributed by atoms with Crippen molar-refractivity contribution in [2.75, 3.05) is 0 Å². The highest BCUT2D eigenvalue weighted by Crippen LogP contribution is 2.30. The molecular weight excluding hydrogens is 383 g/mol. The minimum Gasteiger partial charge on any atom is -0.355 e. The van der Waals surface area contributed by atoms with Crippen LogP contribution >= 0.6 is 0 Å². The van der Waals surface area contributed by atoms with E-state index in [2.05, 4.69) is 10.3 Å². The molecule has 2 heterocycles. The molecule has 5 nitrogen and oxygen atoms in total. The van der Waals surface area contributed by atoms with Gasteiger partial charge in [0.2, 0.25) is 0 Å². The van der Waals surface area contributed by atoms with E-state index in [-0.39, 0.29) is 5.52 Å². The van der Waals surface area contributed by atoms with Crippen molar-refractivity contribution in [3.05, 3.63) is 81.8 Å². The van der Waals surface area contributed by atoms with Gasteiger partial charge in [-0.2, -0.15) is 18.3 Å². The molecule has 4 rings (SSSR count). The van der Waals surface area contributed by atoms with Gasteiger partial charge in [-0.15, -0.1) is 0 Å². The summed E-state index contributed by atoms with van der Waals surface area (Å²) in [6.07, 6.45) is -1.24. The van der Waals surface area contributed by atoms with Gasteiger partial charge in [-0.3, -0.25) is 4.79 Å². The van der Waals surface area contributed by atoms with E-state index in [1.54, 1.807) is 12.2 Å². The van der Waals surface area contributed by atoms with Crippen molar-refractivity contribution >= 4 is 23.1 Å². The Bertz CT molecular complexity index is 1250. The van der Waals surface area contributed by atoms with Crippen molar-refractivity contribution in [1.82, 2.24) is 14.9 Å². The summed E-state index contributed by atoms with van der Waals surface area (Å²) in [6, 6.07) is 14.0. The first kappa shape index (κ1) is 18.7. The second kappa shape index (κ2) is 7.05. The van der Waals surface area contributed by atoms with Crippen LogP contribution in [0.3, 0.4) is 0 Å². The summed E-state index contributed by atoms with van der Waals surface area (Å²) in [5.41, 5.74) is 0.849. The standard InChI is InChI=1S/C21H14F3N3O2/c1-27-20(28)19-17(18(25-27)14-5-3-2-4-6-14)16(29-26-19)12-9-13-7-10-15(11-8-13)21(22,23)24/h2-12H,1H3. The number of aryl methyl sites for hydroxylation is 1. The molecule has 0 amide bonds. The lowest BCUT2D eigenvalue weighted by atomic mass is 10.1. The third-order valence-electron chi connectivity index (χ3n) is 4.41. The summed E-state index contributed by atoms with van der Waals surface area (Å²) in [5.74, 6) is 0.295. The van der Waals surface area contributed by atoms with Crippen LogP contribution in [0.5, 0.6) is 0 Å². The Balaban J connectivity index is 1.80. The number of aromatic nitrogens is 3. The molecule has 0 fully saturated rings. The van der Waals surface area contributed by atoms with Crippen LogP contribution < -0.4 is 5.56 Å². The molecule has 2 aromatic heterocycles. The average Bonchev–Trinajstić information content (AvgIpc) is 3.14. The van der Waals surface area contributed by atoms with E-state index < -0.39 is 17.3 Å². The van der Waals surface area contributed by atoms with Gasteiger partial charge in [0, 0.05) is 12.6 Å². The maximum atomic E-state index is 12.7. The van der Waals surface area contributed by atoms with Crippen LogP contribution in [0.2, 0.25) is 0 Å². The lowest BCUT2D eigenvalue weighted by Crippen LogP contribution is -2.20. The Morgan fingerprint density at radius 1 is 1.00 bits per heavy atom. The molecular formula is C21H14F3N3O2. The third kappa shape index (κ3) is 3.56. The monoisotopic (exact) mass is 397 g/mol. The highest BCUT2D eigenvalue weighted by Gasteiger charge is 2.29. The van der Waals surface area contributed by atoms with Crippen LogP contribution in [0.4, 0.5) is 13.2 Å². The first-order chi connectivity index (χ1) is 13.8. The number of rotatable bonds is 3. The number of hydrogen-bond donors (Lipinski definition) is 0. The summed E-state index contributed by atoms with van der Waals surface area (Å²) in [6.45, 7) is 0. The molecule has 29 heavy (non-hydrogen) atoms. The lowest BCUT2D eigenvalue weighted by Gasteiger charge is -2.06. The van der Waals surface area contributed by atoms with Gasteiger partial charge in [-0.25, -0.2) is 4.68 Å². The number of fused-ring (bicyclic) bond motifs is 1. The normalized spacial score (nSPS) is 12.1. The smallest absolute Gasteiger partial charge is 0.355 e. The SMILES string of the molecule is Cn1nc(-c2ccccc2)c2c(C=Cc3ccc(C(F)(F)F)cc3)onc2c1=O. The van der Waals surface area contributed by atoms with E-state index in [1.807, 2.05) is 30.3 Å². The molecule has 2 aromatic carbocycles. The zero-order chi connectivity index (χ0) is 20.6. The van der Waals surface area contributed by atoms with Crippen molar-refractivity contribution in [1.29, 1.82) is 0 Å². The molecule has 0 aliphatic heterocycles. The quantitative estimate of drug-likeness (QED) is 0.499. The van der Waals surface area contributed by atoms with Crippen LogP contribution in [-0.2, 0) is 13.2 Å². The Labute approximate surface area is 162 Å². The van der Waals surface area contributed by atoms with Gasteiger partial charge in [-0.05, 0) is 23.8 Å². The van der Waals surface area contributed by atoms with Gasteiger partial charge in [-0.1, -0.05) is 53.7 Å². The fourth-order valence-electron chi connectivity index (χ4n) is 2.94. The Morgan fingerprint density at radius 3 is 2.34 bits per heavy atom. The van der Waals surface area contributed by atoms with Crippen LogP contribution in [0.15, 0.2) is 63.9 Å². The van der Waals surface area contributed by atoms with Gasteiger partial charge in [0.15, 0.2) is 11.3 Å². The lowest BCUT2D eigenvalue weighted by molar-refractivity contribution is -0.137. The summed E-state index contributed by atoms with van der Waals surface area (Å²) in [7, 11) is 1.53. The zero-order valence-corrected chi connectivity index (χ0v) is 15.1. The predicted molar refractivity (Wildman–Crippen MR) is 103 cm³/mol. The summed E-state index contributed by atoms with van der Waals surface area (Å²) in [5, 5.41) is 8.67. The topological polar surface area (TPSA) is 60.9 Å². The van der Waals surface area contributed by atoms with Gasteiger partial charge in [0.25, 0.3) is 5.56 Å². The van der Waals surface area contributed by atoms with Gasteiger partial charge >= 0.3 is 6.18 Å². The molecule has 0 aliphatic carbocycles. The van der Waals surface area contributed by atoms with Crippen molar-refractivity contribution < 1.29 is 17.7 Å². The average molecular weight is 397 g/mol. The molecule has 0 bridgehead atoms. The van der Waals surface area contributed by atoms with Crippen LogP contribution in [0, 0.1) is 0 Å². The molecule has 8 heteroatoms. The second-order valence-corrected chi connectivity index (χ2v) is 6.37. The summed E-state index contributed by atoms with van der Waals surface area (Å²) < 4.78 is 44.6. The maximum absolute atomic E-state index is 12.7. The number of nitrogens with zero attached hydrogens (tertiary/aromatic N) is 3. The van der Waals surface area contributed by atoms with E-state index in [9.17, 15) is 18.0 Å². The first-order valence-electron chi connectivity index (χ1n) is 8.62. The minimum absolute atomic E-state index is 0.133. The first-order valence-corrected chi connectivity index (χ1v) is 8.62. The predicted octanol–water partition coefficient (Wildman–Crippen LogP) is 4.78. The van der Waals surface area contributed by atoms with Crippen LogP contribution in [0.1, 0.15) is 16.9 Å². The number of alkyl halides is 3. The summed E-state index contributed by atoms with van der Waals surface area (Å²) >= 11 is 0. The van der Waals surface area contributed by atoms with Crippen molar-refractivity contribution in [3.8, 4) is 11.3 Å². The highest BCUT2D eigenvalue weighted by molar-refractivity contribution is 5.97.